The molecule has 3 rings (SSSR count). The van der Waals surface area contributed by atoms with Gasteiger partial charge in [0, 0.05) is 11.6 Å². The van der Waals surface area contributed by atoms with Crippen molar-refractivity contribution < 1.29 is 31.8 Å². The third kappa shape index (κ3) is 4.75. The first-order valence-corrected chi connectivity index (χ1v) is 11.9. The molecule has 0 aliphatic carbocycles. The standard InChI is InChI=1S/C25H28FNO6S/c1-16-7-8-18(26)13-25(16)34(28,29)27(19-9-11-23(32-5)24(14-19)33-6)17(2)21-15-20(30-3)10-12-22(21)31-4/h7-15,17H,1-6H3. The molecule has 0 aromatic heterocycles. The maximum atomic E-state index is 14.1. The van der Waals surface area contributed by atoms with E-state index in [1.165, 1.54) is 44.9 Å². The van der Waals surface area contributed by atoms with Gasteiger partial charge in [0.2, 0.25) is 0 Å². The maximum Gasteiger partial charge on any atom is 0.265 e. The number of benzene rings is 3. The summed E-state index contributed by atoms with van der Waals surface area (Å²) in [6.45, 7) is 3.34. The lowest BCUT2D eigenvalue weighted by molar-refractivity contribution is 0.355. The number of rotatable bonds is 9. The number of nitrogens with zero attached hydrogens (tertiary/aromatic N) is 1. The Morgan fingerprint density at radius 1 is 0.794 bits per heavy atom. The van der Waals surface area contributed by atoms with E-state index >= 15 is 0 Å². The van der Waals surface area contributed by atoms with Gasteiger partial charge in [0.1, 0.15) is 17.3 Å². The van der Waals surface area contributed by atoms with Crippen LogP contribution in [0.3, 0.4) is 0 Å². The second kappa shape index (κ2) is 10.2. The smallest absolute Gasteiger partial charge is 0.265 e. The summed E-state index contributed by atoms with van der Waals surface area (Å²) in [6.07, 6.45) is 0. The van der Waals surface area contributed by atoms with Crippen molar-refractivity contribution in [3.63, 3.8) is 0 Å². The molecule has 1 unspecified atom stereocenters. The molecule has 0 saturated heterocycles. The average Bonchev–Trinajstić information content (AvgIpc) is 2.84. The predicted octanol–water partition coefficient (Wildman–Crippen LogP) is 5.13. The van der Waals surface area contributed by atoms with Crippen molar-refractivity contribution in [2.24, 2.45) is 0 Å². The number of hydrogen-bond acceptors (Lipinski definition) is 6. The summed E-state index contributed by atoms with van der Waals surface area (Å²) in [5, 5.41) is 0. The van der Waals surface area contributed by atoms with Crippen LogP contribution in [0, 0.1) is 12.7 Å². The molecule has 0 saturated carbocycles. The second-order valence-corrected chi connectivity index (χ2v) is 9.32. The Kier molecular flexibility index (Phi) is 7.56. The van der Waals surface area contributed by atoms with Crippen LogP contribution in [0.2, 0.25) is 0 Å². The van der Waals surface area contributed by atoms with Crippen LogP contribution in [0.5, 0.6) is 23.0 Å². The third-order valence-electron chi connectivity index (χ3n) is 5.55. The molecule has 34 heavy (non-hydrogen) atoms. The van der Waals surface area contributed by atoms with E-state index in [0.29, 0.717) is 39.8 Å². The normalized spacial score (nSPS) is 12.1. The van der Waals surface area contributed by atoms with Crippen molar-refractivity contribution in [2.75, 3.05) is 32.7 Å². The number of ether oxygens (including phenoxy) is 4. The van der Waals surface area contributed by atoms with E-state index < -0.39 is 21.9 Å². The molecule has 0 aliphatic heterocycles. The van der Waals surface area contributed by atoms with Crippen LogP contribution in [0.4, 0.5) is 10.1 Å². The minimum atomic E-state index is -4.24. The number of sulfonamides is 1. The van der Waals surface area contributed by atoms with Gasteiger partial charge in [0.25, 0.3) is 10.0 Å². The Balaban J connectivity index is 2.30. The quantitative estimate of drug-likeness (QED) is 0.415. The van der Waals surface area contributed by atoms with Gasteiger partial charge >= 0.3 is 0 Å². The Labute approximate surface area is 199 Å². The molecule has 0 heterocycles. The molecular weight excluding hydrogens is 461 g/mol. The third-order valence-corrected chi connectivity index (χ3v) is 7.59. The van der Waals surface area contributed by atoms with Crippen LogP contribution in [-0.4, -0.2) is 36.9 Å². The Bertz CT molecular complexity index is 1280. The lowest BCUT2D eigenvalue weighted by Gasteiger charge is -2.32. The number of hydrogen-bond donors (Lipinski definition) is 0. The van der Waals surface area contributed by atoms with Gasteiger partial charge in [-0.25, -0.2) is 12.8 Å². The molecule has 0 spiro atoms. The Morgan fingerprint density at radius 2 is 1.44 bits per heavy atom. The molecule has 0 fully saturated rings. The van der Waals surface area contributed by atoms with Crippen molar-refractivity contribution in [3.05, 3.63) is 71.5 Å². The average molecular weight is 490 g/mol. The molecule has 9 heteroatoms. The van der Waals surface area contributed by atoms with Crippen molar-refractivity contribution in [1.29, 1.82) is 0 Å². The summed E-state index contributed by atoms with van der Waals surface area (Å²) in [6, 6.07) is 12.8. The molecule has 3 aromatic rings. The summed E-state index contributed by atoms with van der Waals surface area (Å²) in [5.41, 5.74) is 1.28. The molecule has 0 bridgehead atoms. The number of methoxy groups -OCH3 is 4. The van der Waals surface area contributed by atoms with Crippen LogP contribution < -0.4 is 23.3 Å². The van der Waals surface area contributed by atoms with Crippen LogP contribution in [0.1, 0.15) is 24.1 Å². The highest BCUT2D eigenvalue weighted by Crippen LogP contribution is 2.41. The van der Waals surface area contributed by atoms with Gasteiger partial charge in [0.05, 0.1) is 45.1 Å². The van der Waals surface area contributed by atoms with Crippen LogP contribution in [0.25, 0.3) is 0 Å². The monoisotopic (exact) mass is 489 g/mol. The van der Waals surface area contributed by atoms with Crippen molar-refractivity contribution >= 4 is 15.7 Å². The topological polar surface area (TPSA) is 74.3 Å². The zero-order valence-electron chi connectivity index (χ0n) is 20.0. The lowest BCUT2D eigenvalue weighted by Crippen LogP contribution is -2.34. The summed E-state index contributed by atoms with van der Waals surface area (Å²) < 4.78 is 65.0. The highest BCUT2D eigenvalue weighted by molar-refractivity contribution is 7.92. The number of anilines is 1. The zero-order valence-corrected chi connectivity index (χ0v) is 20.8. The van der Waals surface area contributed by atoms with E-state index in [4.69, 9.17) is 18.9 Å². The number of aryl methyl sites for hydroxylation is 1. The molecule has 182 valence electrons. The fraction of sp³-hybridized carbons (Fsp3) is 0.280. The SMILES string of the molecule is COc1ccc(OC)c(C(C)N(c2ccc(OC)c(OC)c2)S(=O)(=O)c2cc(F)ccc2C)c1. The summed E-state index contributed by atoms with van der Waals surface area (Å²) in [5.74, 6) is 1.15. The lowest BCUT2D eigenvalue weighted by atomic mass is 10.1. The Morgan fingerprint density at radius 3 is 2.06 bits per heavy atom. The van der Waals surface area contributed by atoms with Gasteiger partial charge in [-0.3, -0.25) is 4.31 Å². The fourth-order valence-corrected chi connectivity index (χ4v) is 5.65. The molecule has 7 nitrogen and oxygen atoms in total. The minimum Gasteiger partial charge on any atom is -0.497 e. The van der Waals surface area contributed by atoms with Gasteiger partial charge < -0.3 is 18.9 Å². The van der Waals surface area contributed by atoms with Gasteiger partial charge in [-0.05, 0) is 61.9 Å². The predicted molar refractivity (Wildman–Crippen MR) is 128 cm³/mol. The zero-order chi connectivity index (χ0) is 25.0. The Hall–Kier alpha value is -3.46. The molecule has 1 atom stereocenters. The molecule has 0 radical (unpaired) electrons. The van der Waals surface area contributed by atoms with E-state index in [9.17, 15) is 12.8 Å². The molecule has 3 aromatic carbocycles. The van der Waals surface area contributed by atoms with Gasteiger partial charge in [-0.2, -0.15) is 0 Å². The molecule has 0 amide bonds. The van der Waals surface area contributed by atoms with Gasteiger partial charge in [-0.1, -0.05) is 6.07 Å². The van der Waals surface area contributed by atoms with Crippen LogP contribution in [0.15, 0.2) is 59.5 Å². The van der Waals surface area contributed by atoms with E-state index in [2.05, 4.69) is 0 Å². The van der Waals surface area contributed by atoms with Gasteiger partial charge in [0.15, 0.2) is 11.5 Å². The van der Waals surface area contributed by atoms with Crippen LogP contribution >= 0.6 is 0 Å². The summed E-state index contributed by atoms with van der Waals surface area (Å²) in [4.78, 5) is -0.143. The van der Waals surface area contributed by atoms with E-state index in [0.717, 1.165) is 6.07 Å². The van der Waals surface area contributed by atoms with Crippen molar-refractivity contribution in [2.45, 2.75) is 24.8 Å². The molecular formula is C25H28FNO6S. The largest absolute Gasteiger partial charge is 0.497 e. The summed E-state index contributed by atoms with van der Waals surface area (Å²) >= 11 is 0. The van der Waals surface area contributed by atoms with Crippen molar-refractivity contribution in [3.8, 4) is 23.0 Å². The first-order valence-electron chi connectivity index (χ1n) is 10.4. The number of halogens is 1. The fourth-order valence-electron chi connectivity index (χ4n) is 3.78. The first kappa shape index (κ1) is 25.2. The minimum absolute atomic E-state index is 0.143. The second-order valence-electron chi connectivity index (χ2n) is 7.53. The molecule has 0 N–H and O–H groups in total. The first-order chi connectivity index (χ1) is 16.2. The van der Waals surface area contributed by atoms with E-state index in [1.807, 2.05) is 0 Å². The summed E-state index contributed by atoms with van der Waals surface area (Å²) in [7, 11) is 1.74. The molecule has 0 aliphatic rings. The van der Waals surface area contributed by atoms with Crippen LogP contribution in [-0.2, 0) is 10.0 Å². The van der Waals surface area contributed by atoms with E-state index in [1.54, 1.807) is 50.2 Å². The van der Waals surface area contributed by atoms with E-state index in [-0.39, 0.29) is 4.90 Å². The van der Waals surface area contributed by atoms with Crippen molar-refractivity contribution in [1.82, 2.24) is 0 Å². The van der Waals surface area contributed by atoms with Gasteiger partial charge in [-0.15, -0.1) is 0 Å². The highest BCUT2D eigenvalue weighted by atomic mass is 32.2. The maximum absolute atomic E-state index is 14.1. The highest BCUT2D eigenvalue weighted by Gasteiger charge is 2.34.